The van der Waals surface area contributed by atoms with E-state index in [9.17, 15) is 15.0 Å². The molecule has 2 rings (SSSR count). The van der Waals surface area contributed by atoms with Crippen LogP contribution in [0.3, 0.4) is 0 Å². The zero-order valence-corrected chi connectivity index (χ0v) is 24.4. The number of aryl methyl sites for hydroxylation is 2. The first-order valence-corrected chi connectivity index (χ1v) is 14.2. The molecular formula is C33H48O5. The lowest BCUT2D eigenvalue weighted by Gasteiger charge is -2.34. The largest absolute Gasteiger partial charge is 0.491 e. The molecule has 38 heavy (non-hydrogen) atoms. The Balaban J connectivity index is 2.39. The van der Waals surface area contributed by atoms with Crippen LogP contribution in [0.2, 0.25) is 0 Å². The zero-order chi connectivity index (χ0) is 28.5. The highest BCUT2D eigenvalue weighted by Gasteiger charge is 2.32. The molecular weight excluding hydrogens is 476 g/mol. The number of carboxylic acids is 1. The van der Waals surface area contributed by atoms with Gasteiger partial charge in [0.05, 0.1) is 11.7 Å². The van der Waals surface area contributed by atoms with E-state index in [4.69, 9.17) is 9.84 Å². The number of hydrogen-bond acceptors (Lipinski definition) is 4. The number of aliphatic carboxylic acids is 1. The second kappa shape index (κ2) is 14.0. The first kappa shape index (κ1) is 31.6. The maximum atomic E-state index is 10.9. The molecule has 0 spiro atoms. The molecule has 1 unspecified atom stereocenters. The minimum absolute atomic E-state index is 0.0687. The van der Waals surface area contributed by atoms with E-state index in [2.05, 4.69) is 64.1 Å². The smallest absolute Gasteiger partial charge is 0.303 e. The third kappa shape index (κ3) is 7.48. The normalized spacial score (nSPS) is 13.4. The van der Waals surface area contributed by atoms with Gasteiger partial charge in [-0.3, -0.25) is 4.79 Å². The molecule has 0 heterocycles. The molecule has 3 N–H and O–H groups in total. The third-order valence-corrected chi connectivity index (χ3v) is 8.23. The van der Waals surface area contributed by atoms with E-state index in [1.165, 1.54) is 27.8 Å². The highest BCUT2D eigenvalue weighted by Crippen LogP contribution is 2.41. The average Bonchev–Trinajstić information content (AvgIpc) is 2.91. The van der Waals surface area contributed by atoms with Crippen molar-refractivity contribution in [2.45, 2.75) is 111 Å². The molecule has 1 atom stereocenters. The van der Waals surface area contributed by atoms with E-state index in [-0.39, 0.29) is 24.9 Å². The van der Waals surface area contributed by atoms with E-state index in [0.717, 1.165) is 24.8 Å². The lowest BCUT2D eigenvalue weighted by Crippen LogP contribution is -2.26. The maximum Gasteiger partial charge on any atom is 0.303 e. The van der Waals surface area contributed by atoms with E-state index >= 15 is 0 Å². The third-order valence-electron chi connectivity index (χ3n) is 8.23. The second-order valence-electron chi connectivity index (χ2n) is 10.5. The standard InChI is InChI=1S/C33H48O5/c1-8-25(21-32(37,9-2)10-3)29-16-13-26(19-23(29)6)33(11-4,12-5)27-14-17-30(24(7)20-27)38-22-28(34)15-18-31(35)36/h13-14,16-17,19-21,28,34,37H,8-12,15,18,22H2,1-7H3,(H,35,36). The zero-order valence-electron chi connectivity index (χ0n) is 24.4. The van der Waals surface area contributed by atoms with Crippen molar-refractivity contribution in [2.24, 2.45) is 0 Å². The number of benzene rings is 2. The summed E-state index contributed by atoms with van der Waals surface area (Å²) >= 11 is 0. The Kier molecular flexibility index (Phi) is 11.6. The fourth-order valence-electron chi connectivity index (χ4n) is 5.37. The molecule has 0 amide bonds. The average molecular weight is 525 g/mol. The van der Waals surface area contributed by atoms with E-state index in [1.807, 2.05) is 26.8 Å². The minimum atomic E-state index is -0.923. The van der Waals surface area contributed by atoms with E-state index < -0.39 is 17.7 Å². The van der Waals surface area contributed by atoms with Crippen LogP contribution in [0.15, 0.2) is 42.5 Å². The van der Waals surface area contributed by atoms with Crippen LogP contribution >= 0.6 is 0 Å². The summed E-state index contributed by atoms with van der Waals surface area (Å²) in [7, 11) is 0. The summed E-state index contributed by atoms with van der Waals surface area (Å²) < 4.78 is 5.83. The summed E-state index contributed by atoms with van der Waals surface area (Å²) in [5.41, 5.74) is 6.14. The number of allylic oxidation sites excluding steroid dienone is 1. The van der Waals surface area contributed by atoms with Gasteiger partial charge in [-0.05, 0) is 97.9 Å². The van der Waals surface area contributed by atoms with Gasteiger partial charge in [0.2, 0.25) is 0 Å². The van der Waals surface area contributed by atoms with Crippen LogP contribution in [-0.4, -0.2) is 39.6 Å². The van der Waals surface area contributed by atoms with Gasteiger partial charge in [-0.1, -0.05) is 65.0 Å². The van der Waals surface area contributed by atoms with Gasteiger partial charge in [0.15, 0.2) is 0 Å². The van der Waals surface area contributed by atoms with Crippen LogP contribution in [0.5, 0.6) is 5.75 Å². The Morgan fingerprint density at radius 3 is 1.97 bits per heavy atom. The van der Waals surface area contributed by atoms with Crippen molar-refractivity contribution in [1.29, 1.82) is 0 Å². The number of aliphatic hydroxyl groups is 2. The molecule has 0 aliphatic heterocycles. The summed E-state index contributed by atoms with van der Waals surface area (Å²) in [6.07, 6.45) is 5.47. The van der Waals surface area contributed by atoms with Crippen molar-refractivity contribution >= 4 is 11.5 Å². The number of rotatable bonds is 15. The molecule has 0 aliphatic rings. The van der Waals surface area contributed by atoms with Crippen LogP contribution in [0.4, 0.5) is 0 Å². The van der Waals surface area contributed by atoms with Crippen molar-refractivity contribution in [3.05, 3.63) is 70.3 Å². The molecule has 0 aliphatic carbocycles. The first-order chi connectivity index (χ1) is 18.0. The number of carboxylic acid groups (broad SMARTS) is 1. The molecule has 0 saturated carbocycles. The first-order valence-electron chi connectivity index (χ1n) is 14.2. The molecule has 5 heteroatoms. The van der Waals surface area contributed by atoms with Crippen LogP contribution in [-0.2, 0) is 10.2 Å². The van der Waals surface area contributed by atoms with E-state index in [1.54, 1.807) is 0 Å². The minimum Gasteiger partial charge on any atom is -0.491 e. The van der Waals surface area contributed by atoms with Crippen molar-refractivity contribution in [2.75, 3.05) is 6.61 Å². The van der Waals surface area contributed by atoms with Crippen molar-refractivity contribution in [3.63, 3.8) is 0 Å². The van der Waals surface area contributed by atoms with Gasteiger partial charge in [0.1, 0.15) is 12.4 Å². The molecule has 0 fully saturated rings. The summed E-state index contributed by atoms with van der Waals surface area (Å²) in [6, 6.07) is 13.0. The topological polar surface area (TPSA) is 87.0 Å². The highest BCUT2D eigenvalue weighted by atomic mass is 16.5. The molecule has 2 aromatic carbocycles. The maximum absolute atomic E-state index is 10.9. The summed E-state index contributed by atoms with van der Waals surface area (Å²) in [5.74, 6) is -0.221. The quantitative estimate of drug-likeness (QED) is 0.227. The molecule has 2 aromatic rings. The molecule has 0 radical (unpaired) electrons. The summed E-state index contributed by atoms with van der Waals surface area (Å²) in [6.45, 7) is 14.9. The predicted molar refractivity (Wildman–Crippen MR) is 156 cm³/mol. The monoisotopic (exact) mass is 524 g/mol. The van der Waals surface area contributed by atoms with Crippen LogP contribution < -0.4 is 4.74 Å². The van der Waals surface area contributed by atoms with Gasteiger partial charge >= 0.3 is 5.97 Å². The number of ether oxygens (including phenoxy) is 1. The fourth-order valence-corrected chi connectivity index (χ4v) is 5.37. The Labute approximate surface area is 229 Å². The predicted octanol–water partition coefficient (Wildman–Crippen LogP) is 7.36. The van der Waals surface area contributed by atoms with Crippen molar-refractivity contribution in [1.82, 2.24) is 0 Å². The van der Waals surface area contributed by atoms with Gasteiger partial charge in [0.25, 0.3) is 0 Å². The van der Waals surface area contributed by atoms with Crippen LogP contribution in [0, 0.1) is 13.8 Å². The number of carbonyl (C=O) groups is 1. The Morgan fingerprint density at radius 1 is 0.921 bits per heavy atom. The van der Waals surface area contributed by atoms with E-state index in [0.29, 0.717) is 18.6 Å². The Morgan fingerprint density at radius 2 is 1.50 bits per heavy atom. The summed E-state index contributed by atoms with van der Waals surface area (Å²) in [5, 5.41) is 29.8. The molecule has 210 valence electrons. The molecule has 0 saturated heterocycles. The van der Waals surface area contributed by atoms with Gasteiger partial charge in [-0.2, -0.15) is 0 Å². The van der Waals surface area contributed by atoms with Crippen molar-refractivity contribution < 1.29 is 24.9 Å². The molecule has 5 nitrogen and oxygen atoms in total. The molecule has 0 bridgehead atoms. The Bertz CT molecular complexity index is 1090. The second-order valence-corrected chi connectivity index (χ2v) is 10.5. The Hall–Kier alpha value is -2.63. The van der Waals surface area contributed by atoms with Crippen molar-refractivity contribution in [3.8, 4) is 5.75 Å². The van der Waals surface area contributed by atoms with Gasteiger partial charge in [0, 0.05) is 11.8 Å². The lowest BCUT2D eigenvalue weighted by atomic mass is 9.69. The van der Waals surface area contributed by atoms with Crippen LogP contribution in [0.1, 0.15) is 107 Å². The summed E-state index contributed by atoms with van der Waals surface area (Å²) in [4.78, 5) is 10.7. The lowest BCUT2D eigenvalue weighted by molar-refractivity contribution is -0.137. The number of aliphatic hydroxyl groups excluding tert-OH is 1. The van der Waals surface area contributed by atoms with Gasteiger partial charge < -0.3 is 20.1 Å². The molecule has 0 aromatic heterocycles. The number of hydrogen-bond donors (Lipinski definition) is 3. The SMILES string of the molecule is CCC(=CC(O)(CC)CC)c1ccc(C(CC)(CC)c2ccc(OCC(O)CCC(=O)O)c(C)c2)cc1C. The van der Waals surface area contributed by atoms with Gasteiger partial charge in [-0.25, -0.2) is 0 Å². The van der Waals surface area contributed by atoms with Gasteiger partial charge in [-0.15, -0.1) is 0 Å². The highest BCUT2D eigenvalue weighted by molar-refractivity contribution is 5.70. The fraction of sp³-hybridized carbons (Fsp3) is 0.545. The van der Waals surface area contributed by atoms with Crippen LogP contribution in [0.25, 0.3) is 5.57 Å².